The van der Waals surface area contributed by atoms with E-state index >= 15 is 0 Å². The van der Waals surface area contributed by atoms with Crippen LogP contribution in [0.3, 0.4) is 0 Å². The van der Waals surface area contributed by atoms with Gasteiger partial charge in [-0.05, 0) is 0 Å². The molecule has 0 unspecified atom stereocenters. The molecule has 3 heteroatoms. The van der Waals surface area contributed by atoms with Crippen molar-refractivity contribution < 1.29 is 11.3 Å². The lowest BCUT2D eigenvalue weighted by Crippen LogP contribution is -2.25. The molecule has 1 atom stereocenters. The number of rotatable bonds is 2. The van der Waals surface area contributed by atoms with E-state index in [1.807, 2.05) is 0 Å². The Bertz CT molecular complexity index is 75.3. The maximum Gasteiger partial charge on any atom is 0.139 e. The highest BCUT2D eigenvalue weighted by atomic mass is 16.3. The second kappa shape index (κ2) is 2.81. The maximum absolute atomic E-state index is 9.76. The van der Waals surface area contributed by atoms with Gasteiger partial charge in [0.15, 0.2) is 0 Å². The van der Waals surface area contributed by atoms with E-state index in [9.17, 15) is 4.79 Å². The summed E-state index contributed by atoms with van der Waals surface area (Å²) in [5.41, 5.74) is 4.83. The zero-order chi connectivity index (χ0) is 5.86. The van der Waals surface area contributed by atoms with Crippen LogP contribution in [0.25, 0.3) is 0 Å². The van der Waals surface area contributed by atoms with Crippen molar-refractivity contribution in [3.8, 4) is 0 Å². The van der Waals surface area contributed by atoms with E-state index in [2.05, 4.69) is 0 Å². The highest BCUT2D eigenvalue weighted by Gasteiger charge is 1.90. The van der Waals surface area contributed by atoms with Gasteiger partial charge in [0.1, 0.15) is 7.63 Å². The van der Waals surface area contributed by atoms with E-state index in [1.54, 1.807) is 0 Å². The first kappa shape index (κ1) is 3.77. The first-order valence-electron chi connectivity index (χ1n) is 2.05. The third-order valence-electron chi connectivity index (χ3n) is 0.348. The molecule has 0 saturated carbocycles. The molecular formula is C3H7NO2. The van der Waals surface area contributed by atoms with Gasteiger partial charge in [-0.25, -0.2) is 0 Å². The monoisotopic (exact) mass is 90.1 g/mol. The topological polar surface area (TPSA) is 63.3 Å². The van der Waals surface area contributed by atoms with Gasteiger partial charge < -0.3 is 15.6 Å². The Balaban J connectivity index is 3.34. The normalized spacial score (nSPS) is 16.0. The van der Waals surface area contributed by atoms with Gasteiger partial charge in [-0.1, -0.05) is 0 Å². The van der Waals surface area contributed by atoms with E-state index in [0.29, 0.717) is 0 Å². The van der Waals surface area contributed by atoms with Crippen LogP contribution in [0.1, 0.15) is 1.37 Å². The minimum Gasteiger partial charge on any atom is -0.394 e. The third kappa shape index (κ3) is 1.87. The van der Waals surface area contributed by atoms with Crippen molar-refractivity contribution in [1.82, 2.24) is 0 Å². The fourth-order valence-electron chi connectivity index (χ4n) is 0.0373. The quantitative estimate of drug-likeness (QED) is 0.406. The van der Waals surface area contributed by atoms with E-state index in [0.717, 1.165) is 0 Å². The molecule has 0 fully saturated rings. The molecule has 0 aromatic carbocycles. The van der Waals surface area contributed by atoms with Gasteiger partial charge in [0.2, 0.25) is 0 Å². The lowest BCUT2D eigenvalue weighted by atomic mass is 10.4. The van der Waals surface area contributed by atoms with Crippen molar-refractivity contribution >= 4 is 6.26 Å². The summed E-state index contributed by atoms with van der Waals surface area (Å²) in [6.45, 7) is -0.442. The number of aldehydes is 1. The fraction of sp³-hybridized carbons (Fsp3) is 0.667. The zero-order valence-electron chi connectivity index (χ0n) is 4.22. The summed E-state index contributed by atoms with van der Waals surface area (Å²) in [7, 11) is 0. The van der Waals surface area contributed by atoms with Gasteiger partial charge in [0.05, 0.1) is 12.6 Å². The molecule has 0 aliphatic carbocycles. The average molecular weight is 90.1 g/mol. The van der Waals surface area contributed by atoms with E-state index in [4.69, 9.17) is 12.2 Å². The minimum atomic E-state index is -1.01. The van der Waals surface area contributed by atoms with Crippen molar-refractivity contribution in [2.24, 2.45) is 5.73 Å². The van der Waals surface area contributed by atoms with Gasteiger partial charge in [-0.3, -0.25) is 0 Å². The highest BCUT2D eigenvalue weighted by molar-refractivity contribution is 5.56. The van der Waals surface area contributed by atoms with Gasteiger partial charge >= 0.3 is 0 Å². The van der Waals surface area contributed by atoms with Crippen LogP contribution >= 0.6 is 0 Å². The molecule has 0 bridgehead atoms. The molecule has 6 heavy (non-hydrogen) atoms. The van der Waals surface area contributed by atoms with Crippen LogP contribution in [0.4, 0.5) is 0 Å². The molecule has 0 amide bonds. The van der Waals surface area contributed by atoms with Crippen LogP contribution in [0, 0.1) is 0 Å². The van der Waals surface area contributed by atoms with Gasteiger partial charge in [0, 0.05) is 0 Å². The van der Waals surface area contributed by atoms with Crippen molar-refractivity contribution in [2.75, 3.05) is 6.61 Å². The molecule has 0 aromatic heterocycles. The van der Waals surface area contributed by atoms with Crippen LogP contribution in [0.15, 0.2) is 0 Å². The standard InChI is InChI=1S/C3H7NO2/c4-3(1-5)2-6/h1,3,6H,2,4H2/t3-/m0/s1/i1D. The second-order valence-electron chi connectivity index (χ2n) is 0.907. The molecule has 0 aromatic rings. The predicted molar refractivity (Wildman–Crippen MR) is 21.1 cm³/mol. The number of hydrogen-bond acceptors (Lipinski definition) is 3. The van der Waals surface area contributed by atoms with Crippen LogP contribution in [-0.4, -0.2) is 24.0 Å². The third-order valence-corrected chi connectivity index (χ3v) is 0.348. The molecule has 3 N–H and O–H groups in total. The largest absolute Gasteiger partial charge is 0.394 e. The first-order valence-corrected chi connectivity index (χ1v) is 1.55. The number of nitrogens with two attached hydrogens (primary N) is 1. The zero-order valence-corrected chi connectivity index (χ0v) is 3.22. The summed E-state index contributed by atoms with van der Waals surface area (Å²) in [6, 6.07) is -1.01. The van der Waals surface area contributed by atoms with Gasteiger partial charge in [-0.2, -0.15) is 0 Å². The number of carbonyl (C=O) groups is 1. The Kier molecular flexibility index (Phi) is 1.76. The summed E-state index contributed by atoms with van der Waals surface area (Å²) in [5, 5.41) is 8.04. The summed E-state index contributed by atoms with van der Waals surface area (Å²) < 4.78 is 6.26. The average Bonchev–Trinajstić information content (AvgIpc) is 1.65. The first-order chi connectivity index (χ1) is 3.18. The van der Waals surface area contributed by atoms with E-state index in [-0.39, 0.29) is 0 Å². The van der Waals surface area contributed by atoms with E-state index < -0.39 is 18.9 Å². The Hall–Kier alpha value is -0.410. The molecule has 0 rings (SSSR count). The minimum absolute atomic E-state index is 0.442. The fourth-order valence-corrected chi connectivity index (χ4v) is 0.0373. The summed E-state index contributed by atoms with van der Waals surface area (Å²) in [6.07, 6.45) is -0.928. The summed E-state index contributed by atoms with van der Waals surface area (Å²) >= 11 is 0. The predicted octanol–water partition coefficient (Wildman–Crippen LogP) is -1.50. The lowest BCUT2D eigenvalue weighted by Gasteiger charge is -1.90. The molecule has 3 nitrogen and oxygen atoms in total. The van der Waals surface area contributed by atoms with Crippen LogP contribution in [0.5, 0.6) is 0 Å². The Morgan fingerprint density at radius 3 is 2.83 bits per heavy atom. The maximum atomic E-state index is 9.76. The number of carbonyl (C=O) groups excluding carboxylic acids is 1. The SMILES string of the molecule is [2H]C(=O)[C@H](N)CO. The Morgan fingerprint density at radius 1 is 2.33 bits per heavy atom. The molecule has 0 aliphatic heterocycles. The van der Waals surface area contributed by atoms with Gasteiger partial charge in [0.25, 0.3) is 0 Å². The van der Waals surface area contributed by atoms with Gasteiger partial charge in [-0.15, -0.1) is 0 Å². The smallest absolute Gasteiger partial charge is 0.139 e. The molecule has 0 spiro atoms. The van der Waals surface area contributed by atoms with Crippen molar-refractivity contribution in [3.05, 3.63) is 0 Å². The molecular weight excluding hydrogens is 82.0 g/mol. The van der Waals surface area contributed by atoms with Crippen LogP contribution in [-0.2, 0) is 4.79 Å². The molecule has 0 saturated heterocycles. The van der Waals surface area contributed by atoms with Crippen molar-refractivity contribution in [3.63, 3.8) is 0 Å². The molecule has 0 aliphatic rings. The van der Waals surface area contributed by atoms with Crippen LogP contribution in [0.2, 0.25) is 0 Å². The summed E-state index contributed by atoms with van der Waals surface area (Å²) in [5.74, 6) is 0. The molecule has 0 radical (unpaired) electrons. The molecule has 0 heterocycles. The lowest BCUT2D eigenvalue weighted by molar-refractivity contribution is -0.109. The van der Waals surface area contributed by atoms with Crippen LogP contribution < -0.4 is 5.73 Å². The Morgan fingerprint density at radius 2 is 2.83 bits per heavy atom. The number of hydrogen-bond donors (Lipinski definition) is 2. The number of aliphatic hydroxyl groups is 1. The molecule has 36 valence electrons. The second-order valence-corrected chi connectivity index (χ2v) is 0.907. The van der Waals surface area contributed by atoms with E-state index in [1.165, 1.54) is 0 Å². The van der Waals surface area contributed by atoms with Crippen molar-refractivity contribution in [1.29, 1.82) is 0 Å². The van der Waals surface area contributed by atoms with Crippen molar-refractivity contribution in [2.45, 2.75) is 6.04 Å². The highest BCUT2D eigenvalue weighted by Crippen LogP contribution is 1.60. The number of aliphatic hydroxyl groups excluding tert-OH is 1. The Labute approximate surface area is 37.2 Å². The summed E-state index contributed by atoms with van der Waals surface area (Å²) in [4.78, 5) is 9.76.